The molecule has 6 heteroatoms. The van der Waals surface area contributed by atoms with Crippen LogP contribution in [0.1, 0.15) is 22.8 Å². The molecule has 0 aliphatic rings. The first-order valence-electron chi connectivity index (χ1n) is 8.03. The molecule has 2 heterocycles. The summed E-state index contributed by atoms with van der Waals surface area (Å²) < 4.78 is 33.0. The predicted molar refractivity (Wildman–Crippen MR) is 97.1 cm³/mol. The zero-order valence-electron chi connectivity index (χ0n) is 14.2. The Kier molecular flexibility index (Phi) is 4.90. The molecule has 0 unspecified atom stereocenters. The number of nitrogens with one attached hydrogen (secondary N) is 1. The molecular weight excluding hydrogens is 336 g/mol. The van der Waals surface area contributed by atoms with Crippen LogP contribution in [0.5, 0.6) is 0 Å². The third-order valence-corrected chi connectivity index (χ3v) is 5.35. The maximum atomic E-state index is 12.5. The van der Waals surface area contributed by atoms with Crippen molar-refractivity contribution in [3.05, 3.63) is 77.5 Å². The summed E-state index contributed by atoms with van der Waals surface area (Å²) >= 11 is 0. The minimum atomic E-state index is -3.66. The van der Waals surface area contributed by atoms with Crippen LogP contribution in [-0.2, 0) is 22.9 Å². The molecule has 2 aromatic heterocycles. The topological polar surface area (TPSA) is 72.2 Å². The highest BCUT2D eigenvalue weighted by Crippen LogP contribution is 2.23. The third-order valence-electron chi connectivity index (χ3n) is 3.86. The molecule has 0 radical (unpaired) electrons. The second-order valence-electron chi connectivity index (χ2n) is 5.90. The van der Waals surface area contributed by atoms with Gasteiger partial charge in [0.15, 0.2) is 0 Å². The number of nitrogens with zero attached hydrogens (tertiary/aromatic N) is 1. The van der Waals surface area contributed by atoms with Crippen molar-refractivity contribution in [2.75, 3.05) is 4.72 Å². The van der Waals surface area contributed by atoms with Crippen molar-refractivity contribution in [3.8, 4) is 0 Å². The number of furan rings is 1. The third kappa shape index (κ3) is 4.28. The SMILES string of the molecule is Cc1cc(S(=O)(=O)Nc2cccc(CCc3ccccn3)c2)c(C)o1. The van der Waals surface area contributed by atoms with Gasteiger partial charge in [-0.15, -0.1) is 0 Å². The number of aromatic nitrogens is 1. The Balaban J connectivity index is 1.74. The number of sulfonamides is 1. The van der Waals surface area contributed by atoms with E-state index in [0.717, 1.165) is 24.1 Å². The smallest absolute Gasteiger partial charge is 0.265 e. The maximum absolute atomic E-state index is 12.5. The van der Waals surface area contributed by atoms with Crippen molar-refractivity contribution >= 4 is 15.7 Å². The zero-order chi connectivity index (χ0) is 17.9. The zero-order valence-corrected chi connectivity index (χ0v) is 15.0. The number of benzene rings is 1. The van der Waals surface area contributed by atoms with Crippen LogP contribution in [0.3, 0.4) is 0 Å². The number of anilines is 1. The highest BCUT2D eigenvalue weighted by molar-refractivity contribution is 7.92. The van der Waals surface area contributed by atoms with Crippen LogP contribution in [-0.4, -0.2) is 13.4 Å². The molecule has 0 saturated carbocycles. The Hall–Kier alpha value is -2.60. The second-order valence-corrected chi connectivity index (χ2v) is 7.56. The first-order chi connectivity index (χ1) is 11.9. The van der Waals surface area contributed by atoms with Gasteiger partial charge in [0, 0.05) is 23.6 Å². The van der Waals surface area contributed by atoms with E-state index in [9.17, 15) is 8.42 Å². The Morgan fingerprint density at radius 1 is 1.04 bits per heavy atom. The van der Waals surface area contributed by atoms with Crippen molar-refractivity contribution in [2.24, 2.45) is 0 Å². The van der Waals surface area contributed by atoms with Crippen LogP contribution in [0.2, 0.25) is 0 Å². The van der Waals surface area contributed by atoms with Gasteiger partial charge in [-0.2, -0.15) is 0 Å². The van der Waals surface area contributed by atoms with Gasteiger partial charge in [0.25, 0.3) is 10.0 Å². The summed E-state index contributed by atoms with van der Waals surface area (Å²) in [6.45, 7) is 3.37. The largest absolute Gasteiger partial charge is 0.465 e. The van der Waals surface area contributed by atoms with Gasteiger partial charge in [0.2, 0.25) is 0 Å². The van der Waals surface area contributed by atoms with E-state index in [1.807, 2.05) is 36.4 Å². The molecule has 1 aromatic carbocycles. The van der Waals surface area contributed by atoms with Crippen LogP contribution in [0.4, 0.5) is 5.69 Å². The highest BCUT2D eigenvalue weighted by Gasteiger charge is 2.20. The normalized spacial score (nSPS) is 11.4. The Labute approximate surface area is 147 Å². The summed E-state index contributed by atoms with van der Waals surface area (Å²) in [7, 11) is -3.66. The molecular formula is C19H20N2O3S. The number of pyridine rings is 1. The average molecular weight is 356 g/mol. The lowest BCUT2D eigenvalue weighted by Gasteiger charge is -2.09. The van der Waals surface area contributed by atoms with Gasteiger partial charge in [0.1, 0.15) is 16.4 Å². The molecule has 0 atom stereocenters. The molecule has 3 aromatic rings. The molecule has 130 valence electrons. The minimum absolute atomic E-state index is 0.170. The van der Waals surface area contributed by atoms with Crippen molar-refractivity contribution in [3.63, 3.8) is 0 Å². The summed E-state index contributed by atoms with van der Waals surface area (Å²) in [5, 5.41) is 0. The van der Waals surface area contributed by atoms with Crippen LogP contribution in [0.25, 0.3) is 0 Å². The van der Waals surface area contributed by atoms with Crippen LogP contribution in [0.15, 0.2) is 64.0 Å². The first kappa shape index (κ1) is 17.2. The van der Waals surface area contributed by atoms with E-state index in [0.29, 0.717) is 17.2 Å². The van der Waals surface area contributed by atoms with E-state index in [1.54, 1.807) is 26.1 Å². The number of rotatable bonds is 6. The van der Waals surface area contributed by atoms with Gasteiger partial charge in [0.05, 0.1) is 0 Å². The molecule has 0 saturated heterocycles. The maximum Gasteiger partial charge on any atom is 0.265 e. The van der Waals surface area contributed by atoms with Gasteiger partial charge in [-0.3, -0.25) is 9.71 Å². The first-order valence-corrected chi connectivity index (χ1v) is 9.51. The van der Waals surface area contributed by atoms with Gasteiger partial charge < -0.3 is 4.42 Å². The second kappa shape index (κ2) is 7.11. The molecule has 1 N–H and O–H groups in total. The molecule has 0 fully saturated rings. The summed E-state index contributed by atoms with van der Waals surface area (Å²) in [4.78, 5) is 4.48. The Morgan fingerprint density at radius 2 is 1.88 bits per heavy atom. The molecule has 0 bridgehead atoms. The Bertz CT molecular complexity index is 963. The molecule has 3 rings (SSSR count). The fourth-order valence-electron chi connectivity index (χ4n) is 2.69. The van der Waals surface area contributed by atoms with Gasteiger partial charge in [-0.05, 0) is 56.5 Å². The molecule has 0 spiro atoms. The number of hydrogen-bond acceptors (Lipinski definition) is 4. The summed E-state index contributed by atoms with van der Waals surface area (Å²) in [5.41, 5.74) is 2.60. The van der Waals surface area contributed by atoms with Crippen LogP contribution >= 0.6 is 0 Å². The van der Waals surface area contributed by atoms with Crippen molar-refractivity contribution in [1.29, 1.82) is 0 Å². The Morgan fingerprint density at radius 3 is 2.56 bits per heavy atom. The lowest BCUT2D eigenvalue weighted by atomic mass is 10.1. The fourth-order valence-corrected chi connectivity index (χ4v) is 3.98. The van der Waals surface area contributed by atoms with Gasteiger partial charge >= 0.3 is 0 Å². The van der Waals surface area contributed by atoms with E-state index in [2.05, 4.69) is 9.71 Å². The van der Waals surface area contributed by atoms with E-state index < -0.39 is 10.0 Å². The average Bonchev–Trinajstić information content (AvgIpc) is 2.93. The standard InChI is InChI=1S/C19H20N2O3S/c1-14-12-19(15(2)24-14)25(22,23)21-18-8-5-6-16(13-18)9-10-17-7-3-4-11-20-17/h3-8,11-13,21H,9-10H2,1-2H3. The molecule has 5 nitrogen and oxygen atoms in total. The van der Waals surface area contributed by atoms with E-state index in [1.165, 1.54) is 6.07 Å². The molecule has 0 amide bonds. The van der Waals surface area contributed by atoms with E-state index in [4.69, 9.17) is 4.42 Å². The van der Waals surface area contributed by atoms with E-state index in [-0.39, 0.29) is 4.90 Å². The van der Waals surface area contributed by atoms with Gasteiger partial charge in [-0.25, -0.2) is 8.42 Å². The predicted octanol–water partition coefficient (Wildman–Crippen LogP) is 3.88. The molecule has 25 heavy (non-hydrogen) atoms. The summed E-state index contributed by atoms with van der Waals surface area (Å²) in [6.07, 6.45) is 3.36. The van der Waals surface area contributed by atoms with Gasteiger partial charge in [-0.1, -0.05) is 18.2 Å². The minimum Gasteiger partial charge on any atom is -0.465 e. The monoisotopic (exact) mass is 356 g/mol. The lowest BCUT2D eigenvalue weighted by Crippen LogP contribution is -2.13. The van der Waals surface area contributed by atoms with E-state index >= 15 is 0 Å². The van der Waals surface area contributed by atoms with Crippen LogP contribution in [0, 0.1) is 13.8 Å². The summed E-state index contributed by atoms with van der Waals surface area (Å²) in [5.74, 6) is 0.957. The quantitative estimate of drug-likeness (QED) is 0.727. The highest BCUT2D eigenvalue weighted by atomic mass is 32.2. The van der Waals surface area contributed by atoms with Crippen LogP contribution < -0.4 is 4.72 Å². The number of hydrogen-bond donors (Lipinski definition) is 1. The van der Waals surface area contributed by atoms with Crippen molar-refractivity contribution < 1.29 is 12.8 Å². The fraction of sp³-hybridized carbons (Fsp3) is 0.211. The molecule has 0 aliphatic carbocycles. The summed E-state index contributed by atoms with van der Waals surface area (Å²) in [6, 6.07) is 14.8. The number of aryl methyl sites for hydroxylation is 4. The van der Waals surface area contributed by atoms with Crippen molar-refractivity contribution in [1.82, 2.24) is 4.98 Å². The van der Waals surface area contributed by atoms with Crippen molar-refractivity contribution in [2.45, 2.75) is 31.6 Å². The molecule has 0 aliphatic heterocycles. The lowest BCUT2D eigenvalue weighted by molar-refractivity contribution is 0.496.